The highest BCUT2D eigenvalue weighted by molar-refractivity contribution is 5.29. The van der Waals surface area contributed by atoms with Crippen LogP contribution in [0.4, 0.5) is 0 Å². The zero-order valence-corrected chi connectivity index (χ0v) is 11.9. The first-order valence-electron chi connectivity index (χ1n) is 9.91. The number of phenols is 2. The third-order valence-electron chi connectivity index (χ3n) is 3.52. The summed E-state index contributed by atoms with van der Waals surface area (Å²) in [4.78, 5) is 0. The molecule has 2 aromatic rings. The zero-order chi connectivity index (χ0) is 21.2. The Morgan fingerprint density at radius 2 is 1.18 bits per heavy atom. The maximum Gasteiger partial charge on any atom is 0.115 e. The largest absolute Gasteiger partial charge is 0.508 e. The minimum absolute atomic E-state index is 0.0313. The Kier molecular flexibility index (Phi) is 3.51. The Labute approximate surface area is 138 Å². The van der Waals surface area contributed by atoms with Crippen molar-refractivity contribution in [2.45, 2.75) is 12.8 Å². The summed E-state index contributed by atoms with van der Waals surface area (Å²) < 4.78 is 46.8. The van der Waals surface area contributed by atoms with Gasteiger partial charge in [0.2, 0.25) is 0 Å². The standard InChI is InChI=1S/C18H22O4/c19-11-15(7-13-3-1-5-17(21)9-13)16(12-20)8-14-4-2-6-18(22)10-14/h1-6,9-10,15-16,19-22H,7-8,11-12H2/i3D,4D,5D,6D,9D,10D. The highest BCUT2D eigenvalue weighted by Gasteiger charge is 2.21. The molecule has 2 unspecified atom stereocenters. The van der Waals surface area contributed by atoms with E-state index in [1.54, 1.807) is 0 Å². The summed E-state index contributed by atoms with van der Waals surface area (Å²) in [6, 6.07) is 0.462. The number of benzene rings is 2. The lowest BCUT2D eigenvalue weighted by atomic mass is 9.83. The molecule has 2 atom stereocenters. The van der Waals surface area contributed by atoms with Crippen molar-refractivity contribution in [3.63, 3.8) is 0 Å². The first-order valence-corrected chi connectivity index (χ1v) is 6.91. The smallest absolute Gasteiger partial charge is 0.115 e. The predicted molar refractivity (Wildman–Crippen MR) is 84.8 cm³/mol. The van der Waals surface area contributed by atoms with E-state index in [0.717, 1.165) is 12.1 Å². The van der Waals surface area contributed by atoms with Crippen LogP contribution in [-0.4, -0.2) is 33.6 Å². The Balaban J connectivity index is 2.36. The van der Waals surface area contributed by atoms with E-state index >= 15 is 0 Å². The fourth-order valence-corrected chi connectivity index (χ4v) is 2.32. The Morgan fingerprint density at radius 3 is 1.55 bits per heavy atom. The molecule has 0 saturated carbocycles. The lowest BCUT2D eigenvalue weighted by Gasteiger charge is -2.24. The van der Waals surface area contributed by atoms with Crippen LogP contribution in [0.15, 0.2) is 48.4 Å². The fraction of sp³-hybridized carbons (Fsp3) is 0.333. The molecule has 4 N–H and O–H groups in total. The molecule has 0 radical (unpaired) electrons. The SMILES string of the molecule is [2H]c1cc([2H])c(CC(CO)C(CO)Cc2c([2H])cc([2H])c(O)c2[2H])c([2H])c1O. The second-order valence-corrected chi connectivity index (χ2v) is 5.06. The summed E-state index contributed by atoms with van der Waals surface area (Å²) in [6.45, 7) is -0.840. The minimum Gasteiger partial charge on any atom is -0.508 e. The molecule has 118 valence electrons. The molecule has 0 bridgehead atoms. The molecule has 22 heavy (non-hydrogen) atoms. The Bertz CT molecular complexity index is 803. The van der Waals surface area contributed by atoms with Crippen LogP contribution in [0.5, 0.6) is 11.5 Å². The molecule has 0 aromatic heterocycles. The van der Waals surface area contributed by atoms with Gasteiger partial charge in [0.05, 0.1) is 8.22 Å². The molecule has 0 aliphatic carbocycles. The molecular formula is C18H22O4. The molecule has 0 aliphatic rings. The van der Waals surface area contributed by atoms with Gasteiger partial charge in [-0.2, -0.15) is 0 Å². The average molecular weight is 308 g/mol. The molecule has 2 aromatic carbocycles. The Morgan fingerprint density at radius 1 is 0.773 bits per heavy atom. The van der Waals surface area contributed by atoms with Gasteiger partial charge in [-0.3, -0.25) is 0 Å². The van der Waals surface area contributed by atoms with Crippen molar-refractivity contribution < 1.29 is 28.7 Å². The van der Waals surface area contributed by atoms with Crippen molar-refractivity contribution in [2.75, 3.05) is 13.2 Å². The lowest BCUT2D eigenvalue weighted by molar-refractivity contribution is 0.119. The third kappa shape index (κ3) is 4.48. The number of aliphatic hydroxyl groups is 2. The van der Waals surface area contributed by atoms with Crippen molar-refractivity contribution in [1.82, 2.24) is 0 Å². The number of rotatable bonds is 7. The van der Waals surface area contributed by atoms with Gasteiger partial charge in [0.1, 0.15) is 11.5 Å². The van der Waals surface area contributed by atoms with Gasteiger partial charge in [-0.25, -0.2) is 0 Å². The van der Waals surface area contributed by atoms with E-state index in [1.165, 1.54) is 0 Å². The van der Waals surface area contributed by atoms with Gasteiger partial charge >= 0.3 is 0 Å². The first-order chi connectivity index (χ1) is 13.1. The van der Waals surface area contributed by atoms with Gasteiger partial charge in [-0.15, -0.1) is 0 Å². The van der Waals surface area contributed by atoms with Crippen LogP contribution in [0.25, 0.3) is 0 Å². The topological polar surface area (TPSA) is 80.9 Å². The van der Waals surface area contributed by atoms with Crippen LogP contribution in [0.3, 0.4) is 0 Å². The fourth-order valence-electron chi connectivity index (χ4n) is 2.32. The highest BCUT2D eigenvalue weighted by atomic mass is 16.3. The van der Waals surface area contributed by atoms with Gasteiger partial charge in [0, 0.05) is 13.2 Å². The Hall–Kier alpha value is -2.04. The molecule has 0 spiro atoms. The van der Waals surface area contributed by atoms with E-state index < -0.39 is 36.5 Å². The average Bonchev–Trinajstić information content (AvgIpc) is 2.65. The summed E-state index contributed by atoms with van der Waals surface area (Å²) in [5.74, 6) is -2.46. The van der Waals surface area contributed by atoms with Crippen LogP contribution in [-0.2, 0) is 12.8 Å². The van der Waals surface area contributed by atoms with Crippen LogP contribution in [0, 0.1) is 11.8 Å². The van der Waals surface area contributed by atoms with E-state index in [-0.39, 0.29) is 60.2 Å². The van der Waals surface area contributed by atoms with Gasteiger partial charge in [-0.1, -0.05) is 24.2 Å². The predicted octanol–water partition coefficient (Wildman–Crippen LogP) is 2.10. The molecule has 4 heteroatoms. The van der Waals surface area contributed by atoms with E-state index in [2.05, 4.69) is 0 Å². The van der Waals surface area contributed by atoms with Crippen LogP contribution in [0.2, 0.25) is 0 Å². The maximum atomic E-state index is 9.80. The van der Waals surface area contributed by atoms with Crippen molar-refractivity contribution in [3.05, 3.63) is 59.5 Å². The maximum absolute atomic E-state index is 9.80. The molecule has 0 heterocycles. The van der Waals surface area contributed by atoms with Gasteiger partial charge in [0.15, 0.2) is 0 Å². The van der Waals surface area contributed by atoms with Crippen LogP contribution in [0.1, 0.15) is 19.4 Å². The van der Waals surface area contributed by atoms with Gasteiger partial charge in [0.25, 0.3) is 0 Å². The van der Waals surface area contributed by atoms with E-state index in [0.29, 0.717) is 0 Å². The second-order valence-electron chi connectivity index (χ2n) is 5.06. The molecule has 2 rings (SSSR count). The monoisotopic (exact) mass is 308 g/mol. The summed E-state index contributed by atoms with van der Waals surface area (Å²) in [5.41, 5.74) is 0.236. The van der Waals surface area contributed by atoms with Gasteiger partial charge < -0.3 is 20.4 Å². The highest BCUT2D eigenvalue weighted by Crippen LogP contribution is 2.24. The molecule has 0 saturated heterocycles. The quantitative estimate of drug-likeness (QED) is 0.631. The van der Waals surface area contributed by atoms with Crippen molar-refractivity contribution >= 4 is 0 Å². The second kappa shape index (κ2) is 7.82. The van der Waals surface area contributed by atoms with E-state index in [1.807, 2.05) is 0 Å². The zero-order valence-electron chi connectivity index (χ0n) is 17.9. The van der Waals surface area contributed by atoms with Crippen LogP contribution < -0.4 is 0 Å². The van der Waals surface area contributed by atoms with Crippen LogP contribution >= 0.6 is 0 Å². The van der Waals surface area contributed by atoms with E-state index in [4.69, 9.17) is 8.22 Å². The first kappa shape index (κ1) is 9.87. The van der Waals surface area contributed by atoms with Crippen molar-refractivity contribution in [2.24, 2.45) is 11.8 Å². The lowest BCUT2D eigenvalue weighted by Crippen LogP contribution is -2.26. The third-order valence-corrected chi connectivity index (χ3v) is 3.52. The molecule has 0 fully saturated rings. The van der Waals surface area contributed by atoms with Crippen molar-refractivity contribution in [3.8, 4) is 11.5 Å². The summed E-state index contributed by atoms with van der Waals surface area (Å²) in [7, 11) is 0. The number of phenolic OH excluding ortho intramolecular Hbond substituents is 2. The summed E-state index contributed by atoms with van der Waals surface area (Å²) in [6.07, 6.45) is -0.0627. The number of aliphatic hydroxyl groups excluding tert-OH is 2. The van der Waals surface area contributed by atoms with Gasteiger partial charge in [-0.05, 0) is 60.0 Å². The normalized spacial score (nSPS) is 17.5. The number of aromatic hydroxyl groups is 2. The van der Waals surface area contributed by atoms with E-state index in [9.17, 15) is 20.4 Å². The molecular weight excluding hydrogens is 280 g/mol. The minimum atomic E-state index is -0.661. The number of hydrogen-bond donors (Lipinski definition) is 4. The van der Waals surface area contributed by atoms with Crippen molar-refractivity contribution in [1.29, 1.82) is 0 Å². The molecule has 0 aliphatic heterocycles. The summed E-state index contributed by atoms with van der Waals surface area (Å²) >= 11 is 0. The molecule has 4 nitrogen and oxygen atoms in total. The molecule has 0 amide bonds. The number of hydrogen-bond acceptors (Lipinski definition) is 4. The summed E-state index contributed by atoms with van der Waals surface area (Å²) in [5, 5.41) is 39.2.